The van der Waals surface area contributed by atoms with Gasteiger partial charge in [0.25, 0.3) is 0 Å². The third-order valence-corrected chi connectivity index (χ3v) is 14.2. The fourth-order valence-electron chi connectivity index (χ4n) is 8.18. The van der Waals surface area contributed by atoms with Crippen molar-refractivity contribution in [1.82, 2.24) is 19.6 Å². The number of allylic oxidation sites excluding steroid dienone is 1. The average molecular weight is 836 g/mol. The van der Waals surface area contributed by atoms with E-state index >= 15 is 4.79 Å². The Morgan fingerprint density at radius 3 is 2.18 bits per heavy atom. The number of carbonyl (C=O) groups excluding carboxylic acids is 2. The zero-order chi connectivity index (χ0) is 40.9. The van der Waals surface area contributed by atoms with Crippen molar-refractivity contribution in [3.05, 3.63) is 99.0 Å². The molecule has 0 aromatic heterocycles. The molecule has 3 aliphatic rings. The highest BCUT2D eigenvalue weighted by molar-refractivity contribution is 7.92. The van der Waals surface area contributed by atoms with E-state index in [0.29, 0.717) is 98.8 Å². The van der Waals surface area contributed by atoms with Crippen LogP contribution in [-0.4, -0.2) is 111 Å². The molecule has 3 aromatic rings. The number of morpholine rings is 1. The Hall–Kier alpha value is -4.05. The molecule has 0 bridgehead atoms. The van der Waals surface area contributed by atoms with E-state index in [0.717, 1.165) is 11.1 Å². The van der Waals surface area contributed by atoms with Gasteiger partial charge in [0.1, 0.15) is 5.75 Å². The summed E-state index contributed by atoms with van der Waals surface area (Å²) in [5, 5.41) is 0.468. The van der Waals surface area contributed by atoms with Gasteiger partial charge in [0.05, 0.1) is 48.2 Å². The molecular weight excluding hydrogens is 783 g/mol. The molecule has 3 aliphatic heterocycles. The van der Waals surface area contributed by atoms with Crippen LogP contribution in [0.2, 0.25) is 10.0 Å². The average Bonchev–Trinajstić information content (AvgIpc) is 3.21. The lowest BCUT2D eigenvalue weighted by atomic mass is 9.68. The Labute approximate surface area is 347 Å². The highest BCUT2D eigenvalue weighted by atomic mass is 35.5. The molecule has 3 amide bonds. The molecule has 0 spiro atoms. The number of terminal acetylenes is 1. The summed E-state index contributed by atoms with van der Waals surface area (Å²) in [5.41, 5.74) is 2.31. The first kappa shape index (κ1) is 42.6. The third kappa shape index (κ3) is 9.01. The Kier molecular flexibility index (Phi) is 13.6. The number of ether oxygens (including phenoxy) is 2. The van der Waals surface area contributed by atoms with E-state index < -0.39 is 26.5 Å². The minimum atomic E-state index is -3.87. The van der Waals surface area contributed by atoms with Crippen LogP contribution in [0.15, 0.2) is 71.6 Å². The summed E-state index contributed by atoms with van der Waals surface area (Å²) in [5.74, 6) is 3.04. The number of hydrogen-bond donors (Lipinski definition) is 0. The van der Waals surface area contributed by atoms with Crippen molar-refractivity contribution in [2.24, 2.45) is 0 Å². The largest absolute Gasteiger partial charge is 0.493 e. The molecule has 2 saturated heterocycles. The lowest BCUT2D eigenvalue weighted by Gasteiger charge is -2.50. The molecule has 0 radical (unpaired) electrons. The van der Waals surface area contributed by atoms with E-state index in [4.69, 9.17) is 39.1 Å². The molecule has 0 N–H and O–H groups in total. The van der Waals surface area contributed by atoms with Gasteiger partial charge in [0.15, 0.2) is 9.84 Å². The van der Waals surface area contributed by atoms with Gasteiger partial charge in [-0.25, -0.2) is 13.2 Å². The number of urea groups is 1. The Morgan fingerprint density at radius 1 is 0.947 bits per heavy atom. The number of benzene rings is 3. The predicted octanol–water partition coefficient (Wildman–Crippen LogP) is 7.68. The molecule has 304 valence electrons. The lowest BCUT2D eigenvalue weighted by molar-refractivity contribution is -0.136. The summed E-state index contributed by atoms with van der Waals surface area (Å²) in [6, 6.07) is 17.6. The summed E-state index contributed by atoms with van der Waals surface area (Å²) in [6.07, 6.45) is 9.62. The number of nitrogens with zero attached hydrogens (tertiary/aromatic N) is 4. The first-order chi connectivity index (χ1) is 27.3. The second-order valence-electron chi connectivity index (χ2n) is 15.1. The molecule has 57 heavy (non-hydrogen) atoms. The molecule has 6 rings (SSSR count). The highest BCUT2D eigenvalue weighted by Crippen LogP contribution is 2.52. The Balaban J connectivity index is 1.49. The first-order valence-electron chi connectivity index (χ1n) is 19.7. The van der Waals surface area contributed by atoms with Gasteiger partial charge in [-0.15, -0.1) is 6.42 Å². The summed E-state index contributed by atoms with van der Waals surface area (Å²) >= 11 is 12.8. The lowest BCUT2D eigenvalue weighted by Crippen LogP contribution is -2.57. The molecule has 3 heterocycles. The maximum absolute atomic E-state index is 15.5. The normalized spacial score (nSPS) is 21.1. The van der Waals surface area contributed by atoms with Crippen LogP contribution in [0.3, 0.4) is 0 Å². The molecule has 10 nitrogen and oxygen atoms in total. The van der Waals surface area contributed by atoms with Crippen LogP contribution in [0, 0.1) is 12.3 Å². The van der Waals surface area contributed by atoms with Crippen LogP contribution in [0.5, 0.6) is 5.75 Å². The number of amides is 3. The van der Waals surface area contributed by atoms with E-state index in [1.54, 1.807) is 24.0 Å². The third-order valence-electron chi connectivity index (χ3n) is 11.4. The molecular formula is C44H52Cl2N4O6S. The van der Waals surface area contributed by atoms with Crippen molar-refractivity contribution < 1.29 is 27.5 Å². The van der Waals surface area contributed by atoms with E-state index in [1.165, 1.54) is 0 Å². The zero-order valence-corrected chi connectivity index (χ0v) is 35.5. The summed E-state index contributed by atoms with van der Waals surface area (Å²) in [7, 11) is -3.87. The van der Waals surface area contributed by atoms with Gasteiger partial charge in [-0.2, -0.15) is 0 Å². The molecule has 0 saturated carbocycles. The van der Waals surface area contributed by atoms with Crippen LogP contribution in [0.4, 0.5) is 4.79 Å². The Bertz CT molecular complexity index is 2110. The van der Waals surface area contributed by atoms with Crippen LogP contribution < -0.4 is 4.74 Å². The van der Waals surface area contributed by atoms with Gasteiger partial charge in [0, 0.05) is 65.9 Å². The first-order valence-corrected chi connectivity index (χ1v) is 22.0. The monoisotopic (exact) mass is 834 g/mol. The van der Waals surface area contributed by atoms with Gasteiger partial charge in [-0.1, -0.05) is 79.7 Å². The van der Waals surface area contributed by atoms with E-state index in [9.17, 15) is 13.2 Å². The van der Waals surface area contributed by atoms with E-state index in [1.807, 2.05) is 78.3 Å². The molecule has 3 atom stereocenters. The standard InChI is InChI=1S/C44H52Cl2N4O6S/c1-6-9-31(4)57(53,54)40-29-37(39(56-8-3)28-32(40)7-2)38-18-19-44(5,34-12-16-36(46)17-13-34)42(33-10-14-35(45)15-11-33)50(38)43(52)49-22-20-47(21-23-49)30-41(51)48-24-26-55-27-25-48/h2,10-18,28-29,31,42H,6,8-9,19-27,30H2,1,3-5H3/t31?,42-,44+/m1/s1. The highest BCUT2D eigenvalue weighted by Gasteiger charge is 2.48. The molecule has 2 fully saturated rings. The smallest absolute Gasteiger partial charge is 0.325 e. The maximum atomic E-state index is 15.5. The summed E-state index contributed by atoms with van der Waals surface area (Å²) < 4.78 is 40.1. The van der Waals surface area contributed by atoms with Gasteiger partial charge in [-0.05, 0) is 74.2 Å². The van der Waals surface area contributed by atoms with Crippen molar-refractivity contribution in [2.75, 3.05) is 65.6 Å². The van der Waals surface area contributed by atoms with Crippen LogP contribution >= 0.6 is 23.2 Å². The van der Waals surface area contributed by atoms with Gasteiger partial charge in [-0.3, -0.25) is 14.6 Å². The van der Waals surface area contributed by atoms with Crippen molar-refractivity contribution >= 4 is 50.7 Å². The van der Waals surface area contributed by atoms with Crippen molar-refractivity contribution in [3.8, 4) is 18.1 Å². The summed E-state index contributed by atoms with van der Waals surface area (Å²) in [4.78, 5) is 36.2. The van der Waals surface area contributed by atoms with E-state index in [-0.39, 0.29) is 35.5 Å². The Morgan fingerprint density at radius 2 is 1.58 bits per heavy atom. The van der Waals surface area contributed by atoms with Gasteiger partial charge >= 0.3 is 6.03 Å². The molecule has 0 aliphatic carbocycles. The minimum Gasteiger partial charge on any atom is -0.493 e. The quantitative estimate of drug-likeness (QED) is 0.183. The minimum absolute atomic E-state index is 0.0327. The molecule has 1 unspecified atom stereocenters. The van der Waals surface area contributed by atoms with Gasteiger partial charge in [0.2, 0.25) is 5.91 Å². The topological polar surface area (TPSA) is 99.7 Å². The number of sulfone groups is 1. The second kappa shape index (κ2) is 18.3. The number of hydrogen-bond acceptors (Lipinski definition) is 7. The number of rotatable bonds is 11. The fourth-order valence-corrected chi connectivity index (χ4v) is 10.1. The van der Waals surface area contributed by atoms with Crippen LogP contribution in [0.1, 0.15) is 75.3 Å². The van der Waals surface area contributed by atoms with Crippen molar-refractivity contribution in [1.29, 1.82) is 0 Å². The van der Waals surface area contributed by atoms with Crippen molar-refractivity contribution in [2.45, 2.75) is 68.6 Å². The number of piperazine rings is 1. The van der Waals surface area contributed by atoms with Gasteiger partial charge < -0.3 is 19.3 Å². The van der Waals surface area contributed by atoms with E-state index in [2.05, 4.69) is 17.7 Å². The SMILES string of the molecule is C#Cc1cc(OCC)c(C2=CC[C@@](C)(c3ccc(Cl)cc3)[C@@H](c3ccc(Cl)cc3)N2C(=O)N2CCN(CC(=O)N3CCOCC3)CC2)cc1S(=O)(=O)C(C)CCC. The van der Waals surface area contributed by atoms with Crippen LogP contribution in [-0.2, 0) is 24.8 Å². The predicted molar refractivity (Wildman–Crippen MR) is 225 cm³/mol. The second-order valence-corrected chi connectivity index (χ2v) is 18.4. The summed E-state index contributed by atoms with van der Waals surface area (Å²) in [6.45, 7) is 12.2. The van der Waals surface area contributed by atoms with Crippen molar-refractivity contribution in [3.63, 3.8) is 0 Å². The maximum Gasteiger partial charge on any atom is 0.325 e. The molecule has 3 aromatic carbocycles. The number of carbonyl (C=O) groups is 2. The van der Waals surface area contributed by atoms with Crippen LogP contribution in [0.25, 0.3) is 5.70 Å². The fraction of sp³-hybridized carbons (Fsp3) is 0.455. The number of halogens is 2. The molecule has 13 heteroatoms. The zero-order valence-electron chi connectivity index (χ0n) is 33.2.